The molecule has 104 valence electrons. The van der Waals surface area contributed by atoms with Crippen molar-refractivity contribution in [2.24, 2.45) is 11.8 Å². The predicted molar refractivity (Wildman–Crippen MR) is 76.4 cm³/mol. The van der Waals surface area contributed by atoms with E-state index in [2.05, 4.69) is 60.7 Å². The molecule has 0 saturated carbocycles. The monoisotopic (exact) mass is 243 g/mol. The van der Waals surface area contributed by atoms with Gasteiger partial charge in [0.2, 0.25) is 0 Å². The molecule has 0 rings (SSSR count). The molecular weight excluding hydrogens is 210 g/mol. The summed E-state index contributed by atoms with van der Waals surface area (Å²) in [4.78, 5) is 0. The second-order valence-corrected chi connectivity index (χ2v) is 7.38. The lowest BCUT2D eigenvalue weighted by atomic mass is 9.91. The number of hydrogen-bond donors (Lipinski definition) is 1. The quantitative estimate of drug-likeness (QED) is 0.765. The average molecular weight is 243 g/mol. The van der Waals surface area contributed by atoms with Crippen LogP contribution in [0.25, 0.3) is 0 Å². The molecule has 0 heterocycles. The van der Waals surface area contributed by atoms with Crippen molar-refractivity contribution in [2.45, 2.75) is 73.0 Å². The van der Waals surface area contributed by atoms with Gasteiger partial charge in [-0.25, -0.2) is 0 Å². The van der Waals surface area contributed by atoms with Crippen LogP contribution in [0.2, 0.25) is 0 Å². The fourth-order valence-electron chi connectivity index (χ4n) is 1.62. The van der Waals surface area contributed by atoms with Crippen molar-refractivity contribution in [3.05, 3.63) is 0 Å². The summed E-state index contributed by atoms with van der Waals surface area (Å²) in [6.07, 6.45) is 1.14. The maximum Gasteiger partial charge on any atom is 0.0598 e. The van der Waals surface area contributed by atoms with Crippen LogP contribution in [0.5, 0.6) is 0 Å². The molecule has 0 aromatic heterocycles. The Balaban J connectivity index is 4.00. The maximum atomic E-state index is 5.81. The van der Waals surface area contributed by atoms with Crippen molar-refractivity contribution in [3.63, 3.8) is 0 Å². The predicted octanol–water partition coefficient (Wildman–Crippen LogP) is 3.85. The summed E-state index contributed by atoms with van der Waals surface area (Å²) in [6.45, 7) is 19.5. The van der Waals surface area contributed by atoms with Crippen molar-refractivity contribution >= 4 is 0 Å². The topological polar surface area (TPSA) is 21.3 Å². The van der Waals surface area contributed by atoms with Crippen LogP contribution in [0.1, 0.15) is 61.8 Å². The van der Waals surface area contributed by atoms with Crippen LogP contribution in [0.3, 0.4) is 0 Å². The highest BCUT2D eigenvalue weighted by atomic mass is 16.5. The van der Waals surface area contributed by atoms with Crippen molar-refractivity contribution in [1.82, 2.24) is 5.32 Å². The van der Waals surface area contributed by atoms with Crippen LogP contribution in [0.4, 0.5) is 0 Å². The Bertz CT molecular complexity index is 198. The molecule has 0 aliphatic carbocycles. The molecule has 0 aliphatic rings. The first-order valence-electron chi connectivity index (χ1n) is 6.90. The van der Waals surface area contributed by atoms with E-state index in [-0.39, 0.29) is 11.1 Å². The van der Waals surface area contributed by atoms with Crippen LogP contribution in [0, 0.1) is 11.8 Å². The zero-order valence-corrected chi connectivity index (χ0v) is 13.2. The molecule has 0 aromatic rings. The van der Waals surface area contributed by atoms with Crippen molar-refractivity contribution in [2.75, 3.05) is 13.2 Å². The smallest absolute Gasteiger partial charge is 0.0598 e. The Morgan fingerprint density at radius 2 is 1.53 bits per heavy atom. The highest BCUT2D eigenvalue weighted by Gasteiger charge is 2.18. The van der Waals surface area contributed by atoms with Gasteiger partial charge in [-0.2, -0.15) is 0 Å². The Labute approximate surface area is 109 Å². The molecule has 1 N–H and O–H groups in total. The Hall–Kier alpha value is -0.0800. The zero-order chi connectivity index (χ0) is 13.7. The SMILES string of the molecule is CC(C)C(CCOC(C)(C)C)CNC(C)(C)C. The van der Waals surface area contributed by atoms with Gasteiger partial charge in [0.15, 0.2) is 0 Å². The second-order valence-electron chi connectivity index (χ2n) is 7.38. The lowest BCUT2D eigenvalue weighted by molar-refractivity contribution is -0.0117. The molecule has 0 amide bonds. The third kappa shape index (κ3) is 10.8. The van der Waals surface area contributed by atoms with Gasteiger partial charge in [0.05, 0.1) is 5.60 Å². The Morgan fingerprint density at radius 1 is 1.00 bits per heavy atom. The summed E-state index contributed by atoms with van der Waals surface area (Å²) in [7, 11) is 0. The highest BCUT2D eigenvalue weighted by Crippen LogP contribution is 2.17. The highest BCUT2D eigenvalue weighted by molar-refractivity contribution is 4.75. The Kier molecular flexibility index (Phi) is 6.71. The number of ether oxygens (including phenoxy) is 1. The summed E-state index contributed by atoms with van der Waals surface area (Å²) >= 11 is 0. The van der Waals surface area contributed by atoms with Gasteiger partial charge in [0.1, 0.15) is 0 Å². The number of rotatable bonds is 6. The summed E-state index contributed by atoms with van der Waals surface area (Å²) in [5.74, 6) is 1.39. The fraction of sp³-hybridized carbons (Fsp3) is 1.00. The molecule has 2 nitrogen and oxygen atoms in total. The standard InChI is InChI=1S/C15H33NO/c1-12(2)13(11-16-14(3,4)5)9-10-17-15(6,7)8/h12-13,16H,9-11H2,1-8H3. The molecule has 1 atom stereocenters. The molecule has 0 fully saturated rings. The first-order chi connectivity index (χ1) is 7.51. The van der Waals surface area contributed by atoms with Gasteiger partial charge in [-0.05, 0) is 66.3 Å². The third-order valence-corrected chi connectivity index (χ3v) is 2.86. The lowest BCUT2D eigenvalue weighted by Gasteiger charge is -2.28. The molecule has 0 bridgehead atoms. The van der Waals surface area contributed by atoms with E-state index in [4.69, 9.17) is 4.74 Å². The summed E-state index contributed by atoms with van der Waals surface area (Å²) in [6, 6.07) is 0. The van der Waals surface area contributed by atoms with Gasteiger partial charge in [-0.15, -0.1) is 0 Å². The van der Waals surface area contributed by atoms with E-state index in [0.717, 1.165) is 19.6 Å². The van der Waals surface area contributed by atoms with E-state index < -0.39 is 0 Å². The number of nitrogens with one attached hydrogen (secondary N) is 1. The minimum atomic E-state index is -0.0149. The average Bonchev–Trinajstić information content (AvgIpc) is 2.06. The van der Waals surface area contributed by atoms with Crippen LogP contribution in [0.15, 0.2) is 0 Å². The molecule has 0 spiro atoms. The van der Waals surface area contributed by atoms with Crippen LogP contribution in [-0.2, 0) is 4.74 Å². The van der Waals surface area contributed by atoms with Crippen molar-refractivity contribution in [3.8, 4) is 0 Å². The molecule has 17 heavy (non-hydrogen) atoms. The molecule has 1 unspecified atom stereocenters. The number of hydrogen-bond acceptors (Lipinski definition) is 2. The van der Waals surface area contributed by atoms with Gasteiger partial charge in [-0.1, -0.05) is 13.8 Å². The van der Waals surface area contributed by atoms with E-state index in [1.54, 1.807) is 0 Å². The van der Waals surface area contributed by atoms with Gasteiger partial charge in [-0.3, -0.25) is 0 Å². The minimum Gasteiger partial charge on any atom is -0.376 e. The fourth-order valence-corrected chi connectivity index (χ4v) is 1.62. The van der Waals surface area contributed by atoms with Gasteiger partial charge >= 0.3 is 0 Å². The van der Waals surface area contributed by atoms with Crippen molar-refractivity contribution in [1.29, 1.82) is 0 Å². The summed E-state index contributed by atoms with van der Waals surface area (Å²) in [5, 5.41) is 3.60. The summed E-state index contributed by atoms with van der Waals surface area (Å²) < 4.78 is 5.81. The first-order valence-corrected chi connectivity index (χ1v) is 6.90. The van der Waals surface area contributed by atoms with Crippen LogP contribution >= 0.6 is 0 Å². The van der Waals surface area contributed by atoms with E-state index >= 15 is 0 Å². The second kappa shape index (κ2) is 6.75. The molecular formula is C15H33NO. The van der Waals surface area contributed by atoms with Crippen LogP contribution in [-0.4, -0.2) is 24.3 Å². The van der Waals surface area contributed by atoms with Gasteiger partial charge in [0, 0.05) is 12.1 Å². The van der Waals surface area contributed by atoms with E-state index in [9.17, 15) is 0 Å². The van der Waals surface area contributed by atoms with Gasteiger partial charge in [0.25, 0.3) is 0 Å². The largest absolute Gasteiger partial charge is 0.376 e. The molecule has 0 aliphatic heterocycles. The minimum absolute atomic E-state index is 0.0149. The van der Waals surface area contributed by atoms with E-state index in [1.807, 2.05) is 0 Å². The molecule has 0 radical (unpaired) electrons. The van der Waals surface area contributed by atoms with E-state index in [0.29, 0.717) is 11.8 Å². The molecule has 0 saturated heterocycles. The third-order valence-electron chi connectivity index (χ3n) is 2.86. The van der Waals surface area contributed by atoms with Gasteiger partial charge < -0.3 is 10.1 Å². The van der Waals surface area contributed by atoms with Crippen molar-refractivity contribution < 1.29 is 4.74 Å². The first kappa shape index (κ1) is 16.9. The molecule has 0 aromatic carbocycles. The zero-order valence-electron chi connectivity index (χ0n) is 13.2. The maximum absolute atomic E-state index is 5.81. The lowest BCUT2D eigenvalue weighted by Crippen LogP contribution is -2.40. The summed E-state index contributed by atoms with van der Waals surface area (Å²) in [5.41, 5.74) is 0.191. The molecule has 2 heteroatoms. The normalized spacial score (nSPS) is 15.4. The van der Waals surface area contributed by atoms with E-state index in [1.165, 1.54) is 0 Å². The van der Waals surface area contributed by atoms with Crippen LogP contribution < -0.4 is 5.32 Å². The Morgan fingerprint density at radius 3 is 1.88 bits per heavy atom.